The van der Waals surface area contributed by atoms with Crippen LogP contribution >= 0.6 is 27.7 Å². The van der Waals surface area contributed by atoms with Gasteiger partial charge in [-0.3, -0.25) is 0 Å². The van der Waals surface area contributed by atoms with E-state index in [0.717, 1.165) is 28.3 Å². The second-order valence-corrected chi connectivity index (χ2v) is 6.71. The van der Waals surface area contributed by atoms with Crippen molar-refractivity contribution in [3.63, 3.8) is 0 Å². The van der Waals surface area contributed by atoms with Crippen molar-refractivity contribution in [2.24, 2.45) is 0 Å². The van der Waals surface area contributed by atoms with E-state index in [-0.39, 0.29) is 0 Å². The molecule has 0 amide bonds. The van der Waals surface area contributed by atoms with Crippen LogP contribution in [0.25, 0.3) is 0 Å². The molecule has 5 heteroatoms. The van der Waals surface area contributed by atoms with Gasteiger partial charge in [-0.25, -0.2) is 9.97 Å². The van der Waals surface area contributed by atoms with Gasteiger partial charge in [-0.15, -0.1) is 11.8 Å². The lowest BCUT2D eigenvalue weighted by Crippen LogP contribution is -2.16. The van der Waals surface area contributed by atoms with E-state index in [4.69, 9.17) is 0 Å². The Morgan fingerprint density at radius 2 is 2.10 bits per heavy atom. The fraction of sp³-hybridized carbons (Fsp3) is 0.333. The van der Waals surface area contributed by atoms with Crippen molar-refractivity contribution >= 4 is 27.7 Å². The molecule has 0 aliphatic heterocycles. The van der Waals surface area contributed by atoms with E-state index in [1.54, 1.807) is 11.8 Å². The summed E-state index contributed by atoms with van der Waals surface area (Å²) >= 11 is 5.31. The summed E-state index contributed by atoms with van der Waals surface area (Å²) < 4.78 is 1.12. The topological polar surface area (TPSA) is 37.8 Å². The van der Waals surface area contributed by atoms with Gasteiger partial charge in [-0.2, -0.15) is 0 Å². The first-order chi connectivity index (χ1) is 9.81. The standard InChI is InChI=1S/C15H16BrN3S/c16-13-3-1-2-4-14(13)20-10-15-17-8-7-12(19-15)9-18-11-5-6-11/h1-4,7-8,11,18H,5-6,9-10H2. The summed E-state index contributed by atoms with van der Waals surface area (Å²) in [6, 6.07) is 10.9. The van der Waals surface area contributed by atoms with Crippen LogP contribution in [0.15, 0.2) is 45.9 Å². The zero-order valence-electron chi connectivity index (χ0n) is 11.1. The van der Waals surface area contributed by atoms with E-state index in [2.05, 4.69) is 43.3 Å². The first kappa shape index (κ1) is 14.0. The van der Waals surface area contributed by atoms with Crippen molar-refractivity contribution in [3.05, 3.63) is 52.5 Å². The molecule has 0 unspecified atom stereocenters. The zero-order chi connectivity index (χ0) is 13.8. The third kappa shape index (κ3) is 4.04. The van der Waals surface area contributed by atoms with Gasteiger partial charge < -0.3 is 5.32 Å². The SMILES string of the molecule is Brc1ccccc1SCc1nccc(CNC2CC2)n1. The Balaban J connectivity index is 1.59. The Morgan fingerprint density at radius 1 is 1.25 bits per heavy atom. The normalized spacial score (nSPS) is 14.4. The lowest BCUT2D eigenvalue weighted by Gasteiger charge is -2.06. The molecule has 1 saturated carbocycles. The molecule has 104 valence electrons. The molecule has 3 nitrogen and oxygen atoms in total. The van der Waals surface area contributed by atoms with E-state index in [9.17, 15) is 0 Å². The van der Waals surface area contributed by atoms with Crippen molar-refractivity contribution in [1.29, 1.82) is 0 Å². The monoisotopic (exact) mass is 349 g/mol. The van der Waals surface area contributed by atoms with Gasteiger partial charge in [0.05, 0.1) is 11.4 Å². The summed E-state index contributed by atoms with van der Waals surface area (Å²) in [4.78, 5) is 10.2. The van der Waals surface area contributed by atoms with Gasteiger partial charge in [0.2, 0.25) is 0 Å². The molecule has 1 aliphatic rings. The van der Waals surface area contributed by atoms with Crippen molar-refractivity contribution in [3.8, 4) is 0 Å². The van der Waals surface area contributed by atoms with E-state index >= 15 is 0 Å². The van der Waals surface area contributed by atoms with E-state index in [0.29, 0.717) is 6.04 Å². The van der Waals surface area contributed by atoms with Crippen LogP contribution in [0.2, 0.25) is 0 Å². The third-order valence-corrected chi connectivity index (χ3v) is 5.13. The Hall–Kier alpha value is -0.910. The maximum absolute atomic E-state index is 4.61. The van der Waals surface area contributed by atoms with Crippen LogP contribution in [-0.2, 0) is 12.3 Å². The highest BCUT2D eigenvalue weighted by Crippen LogP contribution is 2.28. The summed E-state index contributed by atoms with van der Waals surface area (Å²) in [5, 5.41) is 3.48. The van der Waals surface area contributed by atoms with Crippen LogP contribution in [0, 0.1) is 0 Å². The molecule has 1 aromatic carbocycles. The van der Waals surface area contributed by atoms with Crippen LogP contribution in [-0.4, -0.2) is 16.0 Å². The predicted octanol–water partition coefficient (Wildman–Crippen LogP) is 3.78. The van der Waals surface area contributed by atoms with Gasteiger partial charge in [-0.1, -0.05) is 12.1 Å². The van der Waals surface area contributed by atoms with Crippen LogP contribution in [0.1, 0.15) is 24.4 Å². The highest BCUT2D eigenvalue weighted by atomic mass is 79.9. The molecule has 1 fully saturated rings. The maximum Gasteiger partial charge on any atom is 0.138 e. The first-order valence-electron chi connectivity index (χ1n) is 6.73. The van der Waals surface area contributed by atoms with Crippen LogP contribution in [0.4, 0.5) is 0 Å². The quantitative estimate of drug-likeness (QED) is 0.805. The molecule has 0 atom stereocenters. The summed E-state index contributed by atoms with van der Waals surface area (Å²) in [5.74, 6) is 1.68. The van der Waals surface area contributed by atoms with Crippen LogP contribution < -0.4 is 5.32 Å². The molecule has 1 aliphatic carbocycles. The summed E-state index contributed by atoms with van der Waals surface area (Å²) in [6.45, 7) is 0.847. The summed E-state index contributed by atoms with van der Waals surface area (Å²) in [5.41, 5.74) is 1.08. The van der Waals surface area contributed by atoms with Crippen LogP contribution in [0.5, 0.6) is 0 Å². The molecule has 1 N–H and O–H groups in total. The molecule has 0 saturated heterocycles. The minimum absolute atomic E-state index is 0.711. The number of rotatable bonds is 6. The van der Waals surface area contributed by atoms with Crippen molar-refractivity contribution in [1.82, 2.24) is 15.3 Å². The maximum atomic E-state index is 4.61. The fourth-order valence-electron chi connectivity index (χ4n) is 1.85. The molecular weight excluding hydrogens is 334 g/mol. The zero-order valence-corrected chi connectivity index (χ0v) is 13.5. The molecule has 1 aromatic heterocycles. The smallest absolute Gasteiger partial charge is 0.138 e. The van der Waals surface area contributed by atoms with Gasteiger partial charge in [0.25, 0.3) is 0 Å². The number of halogens is 1. The van der Waals surface area contributed by atoms with Gasteiger partial charge in [0, 0.05) is 28.2 Å². The largest absolute Gasteiger partial charge is 0.308 e. The van der Waals surface area contributed by atoms with Crippen molar-refractivity contribution < 1.29 is 0 Å². The van der Waals surface area contributed by atoms with Gasteiger partial charge in [-0.05, 0) is 47.0 Å². The molecule has 0 radical (unpaired) electrons. The first-order valence-corrected chi connectivity index (χ1v) is 8.50. The second-order valence-electron chi connectivity index (χ2n) is 4.84. The fourth-order valence-corrected chi connectivity index (χ4v) is 3.28. The number of aromatic nitrogens is 2. The van der Waals surface area contributed by atoms with Gasteiger partial charge in [0.15, 0.2) is 0 Å². The van der Waals surface area contributed by atoms with E-state index in [1.807, 2.05) is 24.4 Å². The molecule has 0 bridgehead atoms. The number of hydrogen-bond donors (Lipinski definition) is 1. The number of thioether (sulfide) groups is 1. The molecule has 0 spiro atoms. The number of nitrogens with one attached hydrogen (secondary N) is 1. The Kier molecular flexibility index (Phi) is 4.70. The lowest BCUT2D eigenvalue weighted by atomic mass is 10.4. The highest BCUT2D eigenvalue weighted by molar-refractivity contribution is 9.10. The Bertz CT molecular complexity index is 587. The molecule has 20 heavy (non-hydrogen) atoms. The van der Waals surface area contributed by atoms with E-state index < -0.39 is 0 Å². The van der Waals surface area contributed by atoms with Crippen molar-refractivity contribution in [2.45, 2.75) is 36.1 Å². The number of hydrogen-bond acceptors (Lipinski definition) is 4. The van der Waals surface area contributed by atoms with Gasteiger partial charge >= 0.3 is 0 Å². The molecule has 2 aromatic rings. The summed E-state index contributed by atoms with van der Waals surface area (Å²) in [7, 11) is 0. The molecular formula is C15H16BrN3S. The average molecular weight is 350 g/mol. The minimum Gasteiger partial charge on any atom is -0.308 e. The number of nitrogens with zero attached hydrogens (tertiary/aromatic N) is 2. The van der Waals surface area contributed by atoms with Gasteiger partial charge in [0.1, 0.15) is 5.82 Å². The Morgan fingerprint density at radius 3 is 2.90 bits per heavy atom. The average Bonchev–Trinajstić information content (AvgIpc) is 3.29. The predicted molar refractivity (Wildman–Crippen MR) is 85.6 cm³/mol. The van der Waals surface area contributed by atoms with E-state index in [1.165, 1.54) is 17.7 Å². The molecule has 1 heterocycles. The van der Waals surface area contributed by atoms with Crippen LogP contribution in [0.3, 0.4) is 0 Å². The second kappa shape index (κ2) is 6.70. The summed E-state index contributed by atoms with van der Waals surface area (Å²) in [6.07, 6.45) is 4.46. The molecule has 3 rings (SSSR count). The third-order valence-electron chi connectivity index (χ3n) is 3.11. The van der Waals surface area contributed by atoms with Crippen molar-refractivity contribution in [2.75, 3.05) is 0 Å². The Labute approximate surface area is 131 Å². The minimum atomic E-state index is 0.711. The lowest BCUT2D eigenvalue weighted by molar-refractivity contribution is 0.670. The number of benzene rings is 1. The highest BCUT2D eigenvalue weighted by Gasteiger charge is 2.20.